The van der Waals surface area contributed by atoms with Gasteiger partial charge in [0.15, 0.2) is 11.6 Å². The minimum absolute atomic E-state index is 0.111. The molecule has 2 rings (SSSR count). The summed E-state index contributed by atoms with van der Waals surface area (Å²) in [6, 6.07) is 8.49. The van der Waals surface area contributed by atoms with E-state index in [1.54, 1.807) is 23.5 Å². The minimum Gasteiger partial charge on any atom is -0.316 e. The van der Waals surface area contributed by atoms with Crippen molar-refractivity contribution in [1.82, 2.24) is 5.32 Å². The van der Waals surface area contributed by atoms with Crippen LogP contribution in [0.15, 0.2) is 35.7 Å². The Kier molecular flexibility index (Phi) is 4.44. The van der Waals surface area contributed by atoms with Gasteiger partial charge in [0.1, 0.15) is 0 Å². The molecule has 0 aliphatic heterocycles. The van der Waals surface area contributed by atoms with Crippen LogP contribution in [0.1, 0.15) is 10.4 Å². The van der Waals surface area contributed by atoms with Crippen molar-refractivity contribution in [3.63, 3.8) is 0 Å². The topological polar surface area (TPSA) is 12.0 Å². The Bertz CT molecular complexity index is 497. The van der Waals surface area contributed by atoms with Crippen molar-refractivity contribution in [3.05, 3.63) is 57.8 Å². The van der Waals surface area contributed by atoms with Crippen LogP contribution < -0.4 is 5.32 Å². The van der Waals surface area contributed by atoms with Crippen molar-refractivity contribution in [2.24, 2.45) is 0 Å². The number of thiophene rings is 1. The van der Waals surface area contributed by atoms with E-state index < -0.39 is 11.6 Å². The SMILES string of the molecule is CNC(Cc1cccs1)Cc1cccc(F)c1F. The minimum atomic E-state index is -0.779. The van der Waals surface area contributed by atoms with Gasteiger partial charge >= 0.3 is 0 Å². The molecule has 1 N–H and O–H groups in total. The molecule has 1 atom stereocenters. The largest absolute Gasteiger partial charge is 0.316 e. The Morgan fingerprint density at radius 1 is 1.17 bits per heavy atom. The molecule has 1 aromatic carbocycles. The number of hydrogen-bond donors (Lipinski definition) is 1. The number of likely N-dealkylation sites (N-methyl/N-ethyl adjacent to an activating group) is 1. The summed E-state index contributed by atoms with van der Waals surface area (Å²) >= 11 is 1.68. The van der Waals surface area contributed by atoms with E-state index in [0.717, 1.165) is 12.5 Å². The quantitative estimate of drug-likeness (QED) is 0.875. The highest BCUT2D eigenvalue weighted by Crippen LogP contribution is 2.17. The number of nitrogens with one attached hydrogen (secondary N) is 1. The summed E-state index contributed by atoms with van der Waals surface area (Å²) in [6.07, 6.45) is 1.31. The standard InChI is InChI=1S/C14H15F2NS/c1-17-11(9-12-5-3-7-18-12)8-10-4-2-6-13(15)14(10)16/h2-7,11,17H,8-9H2,1H3. The fraction of sp³-hybridized carbons (Fsp3) is 0.286. The van der Waals surface area contributed by atoms with Crippen molar-refractivity contribution in [2.75, 3.05) is 7.05 Å². The van der Waals surface area contributed by atoms with Crippen LogP contribution >= 0.6 is 11.3 Å². The first kappa shape index (κ1) is 13.2. The monoisotopic (exact) mass is 267 g/mol. The zero-order valence-corrected chi connectivity index (χ0v) is 10.9. The second kappa shape index (κ2) is 6.07. The summed E-state index contributed by atoms with van der Waals surface area (Å²) in [7, 11) is 1.84. The third kappa shape index (κ3) is 3.15. The van der Waals surface area contributed by atoms with Crippen molar-refractivity contribution in [2.45, 2.75) is 18.9 Å². The molecule has 4 heteroatoms. The lowest BCUT2D eigenvalue weighted by atomic mass is 10.0. The van der Waals surface area contributed by atoms with Gasteiger partial charge in [0, 0.05) is 10.9 Å². The smallest absolute Gasteiger partial charge is 0.162 e. The van der Waals surface area contributed by atoms with Gasteiger partial charge in [-0.25, -0.2) is 8.78 Å². The van der Waals surface area contributed by atoms with Crippen LogP contribution in [0.5, 0.6) is 0 Å². The highest BCUT2D eigenvalue weighted by atomic mass is 32.1. The predicted octanol–water partition coefficient (Wildman–Crippen LogP) is 3.40. The molecular weight excluding hydrogens is 252 g/mol. The van der Waals surface area contributed by atoms with Gasteiger partial charge in [0.25, 0.3) is 0 Å². The second-order valence-electron chi connectivity index (χ2n) is 4.19. The summed E-state index contributed by atoms with van der Waals surface area (Å²) in [4.78, 5) is 1.24. The fourth-order valence-corrected chi connectivity index (χ4v) is 2.71. The lowest BCUT2D eigenvalue weighted by Crippen LogP contribution is -2.30. The van der Waals surface area contributed by atoms with Crippen molar-refractivity contribution in [1.29, 1.82) is 0 Å². The maximum atomic E-state index is 13.6. The first-order valence-electron chi connectivity index (χ1n) is 5.83. The molecule has 18 heavy (non-hydrogen) atoms. The van der Waals surface area contributed by atoms with Crippen LogP contribution in [0.25, 0.3) is 0 Å². The summed E-state index contributed by atoms with van der Waals surface area (Å²) in [5, 5.41) is 5.17. The Morgan fingerprint density at radius 3 is 2.67 bits per heavy atom. The van der Waals surface area contributed by atoms with Crippen LogP contribution in [0.2, 0.25) is 0 Å². The average molecular weight is 267 g/mol. The van der Waals surface area contributed by atoms with Crippen LogP contribution in [0, 0.1) is 11.6 Å². The van der Waals surface area contributed by atoms with E-state index in [2.05, 4.69) is 11.4 Å². The van der Waals surface area contributed by atoms with Gasteiger partial charge < -0.3 is 5.32 Å². The molecule has 0 aliphatic carbocycles. The first-order chi connectivity index (χ1) is 8.70. The third-order valence-corrected chi connectivity index (χ3v) is 3.83. The van der Waals surface area contributed by atoms with Gasteiger partial charge in [-0.15, -0.1) is 11.3 Å². The molecule has 0 saturated heterocycles. The number of benzene rings is 1. The van der Waals surface area contributed by atoms with Crippen molar-refractivity contribution < 1.29 is 8.78 Å². The van der Waals surface area contributed by atoms with E-state index in [1.807, 2.05) is 18.5 Å². The fourth-order valence-electron chi connectivity index (χ4n) is 1.92. The Labute approximate surface area is 109 Å². The highest BCUT2D eigenvalue weighted by Gasteiger charge is 2.14. The van der Waals surface area contributed by atoms with E-state index in [0.29, 0.717) is 12.0 Å². The normalized spacial score (nSPS) is 12.6. The van der Waals surface area contributed by atoms with Gasteiger partial charge in [0.2, 0.25) is 0 Å². The third-order valence-electron chi connectivity index (χ3n) is 2.93. The Balaban J connectivity index is 2.08. The molecule has 1 nitrogen and oxygen atoms in total. The van der Waals surface area contributed by atoms with Crippen LogP contribution in [0.4, 0.5) is 8.78 Å². The van der Waals surface area contributed by atoms with Crippen molar-refractivity contribution >= 4 is 11.3 Å². The van der Waals surface area contributed by atoms with Gasteiger partial charge in [-0.1, -0.05) is 18.2 Å². The zero-order chi connectivity index (χ0) is 13.0. The summed E-state index contributed by atoms with van der Waals surface area (Å²) in [5.41, 5.74) is 0.422. The van der Waals surface area contributed by atoms with E-state index >= 15 is 0 Å². The van der Waals surface area contributed by atoms with E-state index in [1.165, 1.54) is 4.88 Å². The number of rotatable bonds is 5. The first-order valence-corrected chi connectivity index (χ1v) is 6.71. The van der Waals surface area contributed by atoms with Crippen LogP contribution in [-0.2, 0) is 12.8 Å². The molecule has 0 amide bonds. The number of halogens is 2. The lowest BCUT2D eigenvalue weighted by molar-refractivity contribution is 0.483. The van der Waals surface area contributed by atoms with Crippen molar-refractivity contribution in [3.8, 4) is 0 Å². The molecule has 0 saturated carbocycles. The van der Waals surface area contributed by atoms with Gasteiger partial charge in [-0.05, 0) is 43.0 Å². The number of hydrogen-bond acceptors (Lipinski definition) is 2. The maximum absolute atomic E-state index is 13.6. The molecule has 1 heterocycles. The van der Waals surface area contributed by atoms with Crippen LogP contribution in [-0.4, -0.2) is 13.1 Å². The maximum Gasteiger partial charge on any atom is 0.162 e. The molecule has 96 valence electrons. The predicted molar refractivity (Wildman–Crippen MR) is 70.9 cm³/mol. The van der Waals surface area contributed by atoms with E-state index in [-0.39, 0.29) is 6.04 Å². The molecule has 0 radical (unpaired) electrons. The molecule has 0 fully saturated rings. The molecule has 1 aromatic heterocycles. The average Bonchev–Trinajstić information content (AvgIpc) is 2.86. The van der Waals surface area contributed by atoms with Gasteiger partial charge in [-0.3, -0.25) is 0 Å². The molecule has 1 unspecified atom stereocenters. The van der Waals surface area contributed by atoms with Gasteiger partial charge in [0.05, 0.1) is 0 Å². The van der Waals surface area contributed by atoms with E-state index in [9.17, 15) is 8.78 Å². The Morgan fingerprint density at radius 2 is 2.00 bits per heavy atom. The molecule has 0 bridgehead atoms. The molecule has 2 aromatic rings. The van der Waals surface area contributed by atoms with Crippen LogP contribution in [0.3, 0.4) is 0 Å². The molecular formula is C14H15F2NS. The zero-order valence-electron chi connectivity index (χ0n) is 10.1. The lowest BCUT2D eigenvalue weighted by Gasteiger charge is -2.15. The highest BCUT2D eigenvalue weighted by molar-refractivity contribution is 7.09. The Hall–Kier alpha value is -1.26. The summed E-state index contributed by atoms with van der Waals surface area (Å²) in [6.45, 7) is 0. The summed E-state index contributed by atoms with van der Waals surface area (Å²) in [5.74, 6) is -1.51. The molecule has 0 spiro atoms. The summed E-state index contributed by atoms with van der Waals surface area (Å²) < 4.78 is 26.7. The van der Waals surface area contributed by atoms with Gasteiger partial charge in [-0.2, -0.15) is 0 Å². The van der Waals surface area contributed by atoms with E-state index in [4.69, 9.17) is 0 Å². The second-order valence-corrected chi connectivity index (χ2v) is 5.22. The molecule has 0 aliphatic rings.